The van der Waals surface area contributed by atoms with E-state index in [0.717, 1.165) is 11.1 Å². The smallest absolute Gasteiger partial charge is 0.220 e. The molecule has 2 nitrogen and oxygen atoms in total. The first-order chi connectivity index (χ1) is 5.69. The van der Waals surface area contributed by atoms with Gasteiger partial charge < -0.3 is 4.90 Å². The number of hydrogen-bond acceptors (Lipinski definition) is 1. The van der Waals surface area contributed by atoms with Gasteiger partial charge in [-0.2, -0.15) is 0 Å². The fourth-order valence-electron chi connectivity index (χ4n) is 1.28. The van der Waals surface area contributed by atoms with Crippen LogP contribution in [0.25, 0.3) is 0 Å². The lowest BCUT2D eigenvalue weighted by Crippen LogP contribution is -2.26. The molecule has 0 radical (unpaired) electrons. The zero-order valence-electron chi connectivity index (χ0n) is 7.34. The van der Waals surface area contributed by atoms with Gasteiger partial charge in [-0.1, -0.05) is 25.3 Å². The van der Waals surface area contributed by atoms with Gasteiger partial charge in [-0.25, -0.2) is 0 Å². The predicted molar refractivity (Wildman–Crippen MR) is 49.7 cm³/mol. The molecule has 0 aliphatic carbocycles. The molecule has 1 heterocycles. The van der Waals surface area contributed by atoms with Gasteiger partial charge in [-0.15, -0.1) is 0 Å². The van der Waals surface area contributed by atoms with E-state index < -0.39 is 0 Å². The minimum atomic E-state index is 0.103. The van der Waals surface area contributed by atoms with Crippen molar-refractivity contribution in [2.45, 2.75) is 6.92 Å². The summed E-state index contributed by atoms with van der Waals surface area (Å²) in [5.74, 6) is 0.103. The topological polar surface area (TPSA) is 20.3 Å². The highest BCUT2D eigenvalue weighted by atomic mass is 16.2. The molecule has 1 rings (SSSR count). The first-order valence-electron chi connectivity index (χ1n) is 3.91. The molecule has 0 saturated carbocycles. The van der Waals surface area contributed by atoms with Crippen LogP contribution in [-0.2, 0) is 4.79 Å². The summed E-state index contributed by atoms with van der Waals surface area (Å²) in [6, 6.07) is 0. The first-order valence-corrected chi connectivity index (χ1v) is 3.91. The van der Waals surface area contributed by atoms with Gasteiger partial charge >= 0.3 is 0 Å². The second kappa shape index (κ2) is 3.39. The molecular formula is C10H13NO. The summed E-state index contributed by atoms with van der Waals surface area (Å²) in [4.78, 5) is 12.8. The molecule has 12 heavy (non-hydrogen) atoms. The zero-order valence-corrected chi connectivity index (χ0v) is 7.34. The Morgan fingerprint density at radius 2 is 1.75 bits per heavy atom. The summed E-state index contributed by atoms with van der Waals surface area (Å²) >= 11 is 0. The lowest BCUT2D eigenvalue weighted by molar-refractivity contribution is -0.127. The molecule has 1 aliphatic heterocycles. The quantitative estimate of drug-likeness (QED) is 0.604. The molecule has 0 aromatic heterocycles. The lowest BCUT2D eigenvalue weighted by Gasteiger charge is -2.12. The van der Waals surface area contributed by atoms with E-state index in [4.69, 9.17) is 0 Å². The Morgan fingerprint density at radius 3 is 2.00 bits per heavy atom. The number of amides is 1. The Balaban J connectivity index is 2.78. The standard InChI is InChI=1S/C10H13NO/c1-4-9-6-11(8(3)12)7-10(9)5-2/h4-5H,1-2,6-7H2,3H3. The van der Waals surface area contributed by atoms with E-state index in [1.165, 1.54) is 0 Å². The Labute approximate surface area is 72.9 Å². The molecule has 0 bridgehead atoms. The maximum Gasteiger partial charge on any atom is 0.220 e. The Bertz CT molecular complexity index is 243. The van der Waals surface area contributed by atoms with Gasteiger partial charge in [0.25, 0.3) is 0 Å². The van der Waals surface area contributed by atoms with Crippen molar-refractivity contribution in [3.05, 3.63) is 36.5 Å². The van der Waals surface area contributed by atoms with Crippen molar-refractivity contribution in [2.24, 2.45) is 0 Å². The second-order valence-electron chi connectivity index (χ2n) is 2.83. The normalized spacial score (nSPS) is 16.6. The molecule has 2 heteroatoms. The van der Waals surface area contributed by atoms with Crippen LogP contribution >= 0.6 is 0 Å². The van der Waals surface area contributed by atoms with Gasteiger partial charge in [0, 0.05) is 20.0 Å². The second-order valence-corrected chi connectivity index (χ2v) is 2.83. The minimum Gasteiger partial charge on any atom is -0.334 e. The van der Waals surface area contributed by atoms with E-state index in [0.29, 0.717) is 13.1 Å². The van der Waals surface area contributed by atoms with Crippen LogP contribution in [0.1, 0.15) is 6.92 Å². The zero-order chi connectivity index (χ0) is 9.14. The average molecular weight is 163 g/mol. The Hall–Kier alpha value is -1.31. The van der Waals surface area contributed by atoms with E-state index in [1.807, 2.05) is 0 Å². The summed E-state index contributed by atoms with van der Waals surface area (Å²) in [6.07, 6.45) is 3.58. The van der Waals surface area contributed by atoms with Crippen LogP contribution in [0, 0.1) is 0 Å². The van der Waals surface area contributed by atoms with Crippen molar-refractivity contribution in [1.82, 2.24) is 4.90 Å². The van der Waals surface area contributed by atoms with Gasteiger partial charge in [-0.05, 0) is 11.1 Å². The summed E-state index contributed by atoms with van der Waals surface area (Å²) in [5, 5.41) is 0. The average Bonchev–Trinajstić information content (AvgIpc) is 2.46. The van der Waals surface area contributed by atoms with E-state index in [2.05, 4.69) is 13.2 Å². The largest absolute Gasteiger partial charge is 0.334 e. The summed E-state index contributed by atoms with van der Waals surface area (Å²) < 4.78 is 0. The Morgan fingerprint density at radius 1 is 1.33 bits per heavy atom. The first kappa shape index (κ1) is 8.78. The van der Waals surface area contributed by atoms with Crippen LogP contribution in [0.15, 0.2) is 36.5 Å². The summed E-state index contributed by atoms with van der Waals surface area (Å²) in [6.45, 7) is 10.3. The van der Waals surface area contributed by atoms with Crippen LogP contribution < -0.4 is 0 Å². The van der Waals surface area contributed by atoms with Crippen LogP contribution in [0.3, 0.4) is 0 Å². The lowest BCUT2D eigenvalue weighted by atomic mass is 10.1. The fourth-order valence-corrected chi connectivity index (χ4v) is 1.28. The third-order valence-electron chi connectivity index (χ3n) is 2.07. The molecule has 0 aromatic rings. The van der Waals surface area contributed by atoms with Gasteiger partial charge in [0.05, 0.1) is 0 Å². The molecule has 0 spiro atoms. The maximum absolute atomic E-state index is 11.0. The van der Waals surface area contributed by atoms with Gasteiger partial charge in [-0.3, -0.25) is 4.79 Å². The summed E-state index contributed by atoms with van der Waals surface area (Å²) in [7, 11) is 0. The molecule has 0 fully saturated rings. The molecule has 0 unspecified atom stereocenters. The highest BCUT2D eigenvalue weighted by molar-refractivity contribution is 5.75. The molecule has 0 saturated heterocycles. The molecular weight excluding hydrogens is 150 g/mol. The van der Waals surface area contributed by atoms with Crippen molar-refractivity contribution in [3.8, 4) is 0 Å². The number of nitrogens with zero attached hydrogens (tertiary/aromatic N) is 1. The van der Waals surface area contributed by atoms with E-state index >= 15 is 0 Å². The molecule has 0 atom stereocenters. The SMILES string of the molecule is C=CC1=C(C=C)CN(C(C)=O)C1. The summed E-state index contributed by atoms with van der Waals surface area (Å²) in [5.41, 5.74) is 2.22. The van der Waals surface area contributed by atoms with Crippen LogP contribution in [0.4, 0.5) is 0 Å². The maximum atomic E-state index is 11.0. The molecule has 1 amide bonds. The van der Waals surface area contributed by atoms with E-state index in [9.17, 15) is 4.79 Å². The van der Waals surface area contributed by atoms with Crippen LogP contribution in [-0.4, -0.2) is 23.9 Å². The number of rotatable bonds is 2. The van der Waals surface area contributed by atoms with Crippen LogP contribution in [0.2, 0.25) is 0 Å². The van der Waals surface area contributed by atoms with Crippen molar-refractivity contribution >= 4 is 5.91 Å². The monoisotopic (exact) mass is 163 g/mol. The van der Waals surface area contributed by atoms with E-state index in [1.54, 1.807) is 24.0 Å². The van der Waals surface area contributed by atoms with Crippen molar-refractivity contribution in [3.63, 3.8) is 0 Å². The third-order valence-corrected chi connectivity index (χ3v) is 2.07. The van der Waals surface area contributed by atoms with Gasteiger partial charge in [0.15, 0.2) is 0 Å². The number of carbonyl (C=O) groups excluding carboxylic acids is 1. The van der Waals surface area contributed by atoms with E-state index in [-0.39, 0.29) is 5.91 Å². The fraction of sp³-hybridized carbons (Fsp3) is 0.300. The van der Waals surface area contributed by atoms with Gasteiger partial charge in [0.2, 0.25) is 5.91 Å². The van der Waals surface area contributed by atoms with Crippen molar-refractivity contribution in [1.29, 1.82) is 0 Å². The number of hydrogen-bond donors (Lipinski definition) is 0. The minimum absolute atomic E-state index is 0.103. The highest BCUT2D eigenvalue weighted by Crippen LogP contribution is 2.18. The van der Waals surface area contributed by atoms with Crippen LogP contribution in [0.5, 0.6) is 0 Å². The Kier molecular flexibility index (Phi) is 2.48. The third kappa shape index (κ3) is 1.47. The van der Waals surface area contributed by atoms with Gasteiger partial charge in [0.1, 0.15) is 0 Å². The molecule has 0 N–H and O–H groups in total. The molecule has 64 valence electrons. The highest BCUT2D eigenvalue weighted by Gasteiger charge is 2.19. The van der Waals surface area contributed by atoms with Crippen molar-refractivity contribution < 1.29 is 4.79 Å². The predicted octanol–water partition coefficient (Wildman–Crippen LogP) is 1.52. The number of carbonyl (C=O) groups is 1. The molecule has 1 aliphatic rings. The van der Waals surface area contributed by atoms with Crippen molar-refractivity contribution in [2.75, 3.05) is 13.1 Å². The molecule has 0 aromatic carbocycles.